The van der Waals surface area contributed by atoms with Crippen LogP contribution in [0.2, 0.25) is 0 Å². The molecule has 1 saturated heterocycles. The quantitative estimate of drug-likeness (QED) is 0.809. The highest BCUT2D eigenvalue weighted by Crippen LogP contribution is 2.20. The molecule has 1 aliphatic heterocycles. The van der Waals surface area contributed by atoms with Crippen molar-refractivity contribution < 1.29 is 9.59 Å². The first-order valence-electron chi connectivity index (χ1n) is 5.72. The highest BCUT2D eigenvalue weighted by Gasteiger charge is 2.25. The van der Waals surface area contributed by atoms with E-state index in [-0.39, 0.29) is 17.7 Å². The fraction of sp³-hybridized carbons (Fsp3) is 0.500. The van der Waals surface area contributed by atoms with Gasteiger partial charge in [0.2, 0.25) is 0 Å². The van der Waals surface area contributed by atoms with Gasteiger partial charge in [0, 0.05) is 25.7 Å². The molecule has 0 aromatic carbocycles. The van der Waals surface area contributed by atoms with Crippen LogP contribution in [0.1, 0.15) is 33.2 Å². The largest absolute Gasteiger partial charge is 0.333 e. The lowest BCUT2D eigenvalue weighted by Gasteiger charge is -2.33. The van der Waals surface area contributed by atoms with Crippen molar-refractivity contribution in [1.29, 1.82) is 0 Å². The van der Waals surface area contributed by atoms with Crippen LogP contribution in [0.4, 0.5) is 0 Å². The summed E-state index contributed by atoms with van der Waals surface area (Å²) in [6.45, 7) is 5.95. The van der Waals surface area contributed by atoms with E-state index < -0.39 is 0 Å². The molecule has 5 heteroatoms. The fourth-order valence-electron chi connectivity index (χ4n) is 1.93. The van der Waals surface area contributed by atoms with E-state index in [4.69, 9.17) is 0 Å². The second-order valence-electron chi connectivity index (χ2n) is 4.27. The third kappa shape index (κ3) is 2.56. The minimum Gasteiger partial charge on any atom is -0.333 e. The molecular weight excluding hydrogens is 236 g/mol. The van der Waals surface area contributed by atoms with Crippen molar-refractivity contribution in [1.82, 2.24) is 10.2 Å². The summed E-state index contributed by atoms with van der Waals surface area (Å²) in [4.78, 5) is 26.6. The van der Waals surface area contributed by atoms with Crippen molar-refractivity contribution >= 4 is 23.0 Å². The predicted octanol–water partition coefficient (Wildman–Crippen LogP) is 1.38. The molecule has 0 bridgehead atoms. The molecule has 0 spiro atoms. The summed E-state index contributed by atoms with van der Waals surface area (Å²) in [7, 11) is 0. The van der Waals surface area contributed by atoms with Crippen molar-refractivity contribution in [3.63, 3.8) is 0 Å². The number of hydrogen-bond donors (Lipinski definition) is 1. The molecule has 2 heterocycles. The van der Waals surface area contributed by atoms with Gasteiger partial charge in [0.15, 0.2) is 5.78 Å². The van der Waals surface area contributed by atoms with Gasteiger partial charge in [0.25, 0.3) is 5.91 Å². The Morgan fingerprint density at radius 3 is 2.71 bits per heavy atom. The van der Waals surface area contributed by atoms with Gasteiger partial charge in [-0.2, -0.15) is 0 Å². The van der Waals surface area contributed by atoms with E-state index in [0.717, 1.165) is 19.6 Å². The Balaban J connectivity index is 2.15. The minimum absolute atomic E-state index is 0.0161. The van der Waals surface area contributed by atoms with E-state index in [2.05, 4.69) is 5.32 Å². The smallest absolute Gasteiger partial charge is 0.264 e. The fourth-order valence-corrected chi connectivity index (χ4v) is 2.78. The van der Waals surface area contributed by atoms with Crippen LogP contribution >= 0.6 is 11.3 Å². The second kappa shape index (κ2) is 4.98. The summed E-state index contributed by atoms with van der Waals surface area (Å²) in [5.74, 6) is 0.0545. The molecule has 4 nitrogen and oxygen atoms in total. The number of rotatable bonds is 2. The Kier molecular flexibility index (Phi) is 3.59. The van der Waals surface area contributed by atoms with Gasteiger partial charge in [0.05, 0.1) is 9.75 Å². The van der Waals surface area contributed by atoms with Gasteiger partial charge < -0.3 is 10.2 Å². The summed E-state index contributed by atoms with van der Waals surface area (Å²) < 4.78 is 0. The maximum atomic E-state index is 12.2. The lowest BCUT2D eigenvalue weighted by atomic mass is 10.2. The summed E-state index contributed by atoms with van der Waals surface area (Å²) in [6, 6.07) is 3.69. The number of nitrogens with one attached hydrogen (secondary N) is 1. The van der Waals surface area contributed by atoms with Gasteiger partial charge >= 0.3 is 0 Å². The van der Waals surface area contributed by atoms with Gasteiger partial charge in [-0.05, 0) is 26.0 Å². The standard InChI is InChI=1S/C12H16N2O2S/c1-8-7-13-5-6-14(8)12(16)11-4-3-10(17-11)9(2)15/h3-4,8,13H,5-7H2,1-2H3/t8-/m1/s1. The molecule has 1 fully saturated rings. The molecule has 1 atom stereocenters. The van der Waals surface area contributed by atoms with Crippen molar-refractivity contribution in [2.45, 2.75) is 19.9 Å². The van der Waals surface area contributed by atoms with E-state index in [0.29, 0.717) is 9.75 Å². The van der Waals surface area contributed by atoms with Crippen LogP contribution in [0.15, 0.2) is 12.1 Å². The van der Waals surface area contributed by atoms with Gasteiger partial charge in [-0.15, -0.1) is 11.3 Å². The average molecular weight is 252 g/mol. The summed E-state index contributed by atoms with van der Waals surface area (Å²) in [6.07, 6.45) is 0. The number of Topliss-reactive ketones (excluding diaryl/α,β-unsaturated/α-hetero) is 1. The molecule has 1 N–H and O–H groups in total. The highest BCUT2D eigenvalue weighted by molar-refractivity contribution is 7.15. The lowest BCUT2D eigenvalue weighted by Crippen LogP contribution is -2.52. The number of carbonyl (C=O) groups excluding carboxylic acids is 2. The first-order chi connectivity index (χ1) is 8.09. The Bertz CT molecular complexity index is 441. The third-order valence-electron chi connectivity index (χ3n) is 2.93. The van der Waals surface area contributed by atoms with Crippen LogP contribution < -0.4 is 5.32 Å². The predicted molar refractivity (Wildman–Crippen MR) is 67.7 cm³/mol. The zero-order chi connectivity index (χ0) is 12.4. The SMILES string of the molecule is CC(=O)c1ccc(C(=O)N2CCNC[C@H]2C)s1. The molecule has 0 unspecified atom stereocenters. The van der Waals surface area contributed by atoms with Crippen LogP contribution in [0.3, 0.4) is 0 Å². The minimum atomic E-state index is 0.0161. The van der Waals surface area contributed by atoms with Crippen molar-refractivity contribution in [3.8, 4) is 0 Å². The number of thiophene rings is 1. The maximum Gasteiger partial charge on any atom is 0.264 e. The number of nitrogens with zero attached hydrogens (tertiary/aromatic N) is 1. The number of amides is 1. The third-order valence-corrected chi connectivity index (χ3v) is 4.10. The van der Waals surface area contributed by atoms with E-state index in [1.165, 1.54) is 18.3 Å². The number of hydrogen-bond acceptors (Lipinski definition) is 4. The maximum absolute atomic E-state index is 12.2. The summed E-state index contributed by atoms with van der Waals surface area (Å²) in [5.41, 5.74) is 0. The molecule has 1 aliphatic rings. The second-order valence-corrected chi connectivity index (χ2v) is 5.36. The lowest BCUT2D eigenvalue weighted by molar-refractivity contribution is 0.0660. The van der Waals surface area contributed by atoms with Crippen LogP contribution in [0.25, 0.3) is 0 Å². The molecule has 1 aromatic rings. The molecule has 1 amide bonds. The molecule has 2 rings (SSSR count). The average Bonchev–Trinajstić information content (AvgIpc) is 2.78. The van der Waals surface area contributed by atoms with E-state index in [9.17, 15) is 9.59 Å². The van der Waals surface area contributed by atoms with Gasteiger partial charge in [-0.25, -0.2) is 0 Å². The highest BCUT2D eigenvalue weighted by atomic mass is 32.1. The first kappa shape index (κ1) is 12.3. The van der Waals surface area contributed by atoms with Gasteiger partial charge in [-0.3, -0.25) is 9.59 Å². The monoisotopic (exact) mass is 252 g/mol. The zero-order valence-corrected chi connectivity index (χ0v) is 10.8. The Morgan fingerprint density at radius 2 is 2.12 bits per heavy atom. The van der Waals surface area contributed by atoms with Crippen LogP contribution in [0.5, 0.6) is 0 Å². The Hall–Kier alpha value is -1.20. The zero-order valence-electron chi connectivity index (χ0n) is 10.0. The molecule has 1 aromatic heterocycles. The number of piperazine rings is 1. The molecule has 17 heavy (non-hydrogen) atoms. The first-order valence-corrected chi connectivity index (χ1v) is 6.53. The van der Waals surface area contributed by atoms with Gasteiger partial charge in [0.1, 0.15) is 0 Å². The van der Waals surface area contributed by atoms with E-state index in [1.807, 2.05) is 11.8 Å². The van der Waals surface area contributed by atoms with Crippen LogP contribution in [-0.2, 0) is 0 Å². The molecule has 0 saturated carbocycles. The molecular formula is C12H16N2O2S. The summed E-state index contributed by atoms with van der Waals surface area (Å²) in [5, 5.41) is 3.25. The molecule has 0 aliphatic carbocycles. The van der Waals surface area contributed by atoms with E-state index >= 15 is 0 Å². The molecule has 92 valence electrons. The molecule has 0 radical (unpaired) electrons. The Morgan fingerprint density at radius 1 is 1.41 bits per heavy atom. The van der Waals surface area contributed by atoms with Crippen LogP contribution in [0, 0.1) is 0 Å². The van der Waals surface area contributed by atoms with Crippen LogP contribution in [-0.4, -0.2) is 42.3 Å². The number of ketones is 1. The Labute approximate surface area is 105 Å². The van der Waals surface area contributed by atoms with Gasteiger partial charge in [-0.1, -0.05) is 0 Å². The summed E-state index contributed by atoms with van der Waals surface area (Å²) >= 11 is 1.28. The van der Waals surface area contributed by atoms with E-state index in [1.54, 1.807) is 12.1 Å². The van der Waals surface area contributed by atoms with Crippen molar-refractivity contribution in [2.75, 3.05) is 19.6 Å². The van der Waals surface area contributed by atoms with Crippen molar-refractivity contribution in [2.24, 2.45) is 0 Å². The topological polar surface area (TPSA) is 49.4 Å². The normalized spacial score (nSPS) is 20.4. The van der Waals surface area contributed by atoms with Crippen molar-refractivity contribution in [3.05, 3.63) is 21.9 Å². The number of carbonyl (C=O) groups is 2.